The molecule has 5 amide bonds. The van der Waals surface area contributed by atoms with E-state index in [2.05, 4.69) is 10.6 Å². The lowest BCUT2D eigenvalue weighted by Crippen LogP contribution is -2.49. The summed E-state index contributed by atoms with van der Waals surface area (Å²) in [5, 5.41) is 5.18. The average Bonchev–Trinajstić information content (AvgIpc) is 2.90. The SMILES string of the molecule is Cc1ccc(C(=O)NCCNC(=O)CN2C(=O)N(C)C3(CCCCC3)C2=O)cc1F. The minimum Gasteiger partial charge on any atom is -0.353 e. The predicted octanol–water partition coefficient (Wildman–Crippen LogP) is 1.58. The van der Waals surface area contributed by atoms with Gasteiger partial charge in [0.25, 0.3) is 11.8 Å². The molecular weight excluding hydrogens is 391 g/mol. The molecule has 1 spiro atoms. The predicted molar refractivity (Wildman–Crippen MR) is 107 cm³/mol. The van der Waals surface area contributed by atoms with Crippen LogP contribution in [0.2, 0.25) is 0 Å². The van der Waals surface area contributed by atoms with Crippen LogP contribution in [-0.2, 0) is 9.59 Å². The highest BCUT2D eigenvalue weighted by Gasteiger charge is 2.55. The maximum absolute atomic E-state index is 13.6. The fourth-order valence-electron chi connectivity index (χ4n) is 4.08. The lowest BCUT2D eigenvalue weighted by atomic mass is 9.81. The summed E-state index contributed by atoms with van der Waals surface area (Å²) in [5.41, 5.74) is -0.170. The van der Waals surface area contributed by atoms with Gasteiger partial charge in [-0.1, -0.05) is 25.3 Å². The van der Waals surface area contributed by atoms with Crippen LogP contribution in [0.3, 0.4) is 0 Å². The van der Waals surface area contributed by atoms with Crippen LogP contribution in [0.15, 0.2) is 18.2 Å². The van der Waals surface area contributed by atoms with Gasteiger partial charge < -0.3 is 15.5 Å². The number of urea groups is 1. The van der Waals surface area contributed by atoms with Gasteiger partial charge in [-0.25, -0.2) is 9.18 Å². The third-order valence-electron chi connectivity index (χ3n) is 5.95. The standard InChI is InChI=1S/C21H27FN4O4/c1-14-6-7-15(12-16(14)22)18(28)24-11-10-23-17(27)13-26-19(29)21(25(2)20(26)30)8-4-3-5-9-21/h6-7,12H,3-5,8-11,13H2,1-2H3,(H,23,27)(H,24,28). The minimum atomic E-state index is -0.813. The van der Waals surface area contributed by atoms with Gasteiger partial charge in [0, 0.05) is 25.7 Å². The van der Waals surface area contributed by atoms with Crippen molar-refractivity contribution < 1.29 is 23.6 Å². The molecule has 1 aromatic carbocycles. The van der Waals surface area contributed by atoms with Crippen LogP contribution in [0.4, 0.5) is 9.18 Å². The highest BCUT2D eigenvalue weighted by molar-refractivity contribution is 6.09. The summed E-state index contributed by atoms with van der Waals surface area (Å²) >= 11 is 0. The zero-order chi connectivity index (χ0) is 21.9. The van der Waals surface area contributed by atoms with Crippen LogP contribution in [-0.4, -0.2) is 65.8 Å². The second-order valence-corrected chi connectivity index (χ2v) is 7.89. The Labute approximate surface area is 174 Å². The molecule has 1 saturated carbocycles. The number of rotatable bonds is 6. The Bertz CT molecular complexity index is 867. The first-order valence-electron chi connectivity index (χ1n) is 10.2. The summed E-state index contributed by atoms with van der Waals surface area (Å²) in [6.07, 6.45) is 4.05. The third kappa shape index (κ3) is 4.15. The monoisotopic (exact) mass is 418 g/mol. The number of nitrogens with one attached hydrogen (secondary N) is 2. The molecule has 0 bridgehead atoms. The number of carbonyl (C=O) groups excluding carboxylic acids is 4. The van der Waals surface area contributed by atoms with Crippen molar-refractivity contribution in [2.45, 2.75) is 44.6 Å². The van der Waals surface area contributed by atoms with Gasteiger partial charge in [0.15, 0.2) is 0 Å². The molecule has 0 radical (unpaired) electrons. The van der Waals surface area contributed by atoms with E-state index >= 15 is 0 Å². The molecule has 2 fully saturated rings. The van der Waals surface area contributed by atoms with Crippen LogP contribution in [0.5, 0.6) is 0 Å². The zero-order valence-corrected chi connectivity index (χ0v) is 17.3. The topological polar surface area (TPSA) is 98.8 Å². The molecule has 1 aliphatic heterocycles. The van der Waals surface area contributed by atoms with Crippen molar-refractivity contribution in [2.75, 3.05) is 26.7 Å². The summed E-state index contributed by atoms with van der Waals surface area (Å²) in [4.78, 5) is 52.1. The quantitative estimate of drug-likeness (QED) is 0.541. The first-order chi connectivity index (χ1) is 14.3. The number of nitrogens with zero attached hydrogens (tertiary/aromatic N) is 2. The second-order valence-electron chi connectivity index (χ2n) is 7.89. The number of carbonyl (C=O) groups is 4. The molecule has 9 heteroatoms. The first kappa shape index (κ1) is 21.7. The Morgan fingerprint density at radius 3 is 2.43 bits per heavy atom. The Hall–Kier alpha value is -2.97. The molecule has 2 aliphatic rings. The molecule has 0 atom stereocenters. The van der Waals surface area contributed by atoms with Crippen molar-refractivity contribution in [3.63, 3.8) is 0 Å². The van der Waals surface area contributed by atoms with Gasteiger partial charge in [-0.15, -0.1) is 0 Å². The number of hydrogen-bond acceptors (Lipinski definition) is 4. The lowest BCUT2D eigenvalue weighted by molar-refractivity contribution is -0.137. The molecule has 162 valence electrons. The zero-order valence-electron chi connectivity index (χ0n) is 17.3. The number of imide groups is 1. The number of benzene rings is 1. The summed E-state index contributed by atoms with van der Waals surface area (Å²) in [7, 11) is 1.62. The fourth-order valence-corrected chi connectivity index (χ4v) is 4.08. The molecular formula is C21H27FN4O4. The van der Waals surface area contributed by atoms with E-state index in [4.69, 9.17) is 0 Å². The van der Waals surface area contributed by atoms with Crippen molar-refractivity contribution >= 4 is 23.8 Å². The number of hydrogen-bond donors (Lipinski definition) is 2. The molecule has 0 aromatic heterocycles. The summed E-state index contributed by atoms with van der Waals surface area (Å²) in [6.45, 7) is 1.51. The van der Waals surface area contributed by atoms with E-state index in [9.17, 15) is 23.6 Å². The van der Waals surface area contributed by atoms with Crippen molar-refractivity contribution in [1.29, 1.82) is 0 Å². The van der Waals surface area contributed by atoms with Crippen molar-refractivity contribution in [1.82, 2.24) is 20.4 Å². The van der Waals surface area contributed by atoms with E-state index in [1.807, 2.05) is 0 Å². The first-order valence-corrected chi connectivity index (χ1v) is 10.2. The Kier molecular flexibility index (Phi) is 6.38. The average molecular weight is 418 g/mol. The molecule has 3 rings (SSSR count). The number of likely N-dealkylation sites (N-methyl/N-ethyl adjacent to an activating group) is 1. The maximum atomic E-state index is 13.6. The molecule has 1 saturated heterocycles. The largest absolute Gasteiger partial charge is 0.353 e. The smallest absolute Gasteiger partial charge is 0.327 e. The lowest BCUT2D eigenvalue weighted by Gasteiger charge is -2.35. The fraction of sp³-hybridized carbons (Fsp3) is 0.524. The maximum Gasteiger partial charge on any atom is 0.327 e. The van der Waals surface area contributed by atoms with E-state index in [1.54, 1.807) is 14.0 Å². The number of amides is 5. The van der Waals surface area contributed by atoms with E-state index in [0.29, 0.717) is 18.4 Å². The van der Waals surface area contributed by atoms with E-state index in [1.165, 1.54) is 17.0 Å². The van der Waals surface area contributed by atoms with E-state index < -0.39 is 29.2 Å². The Morgan fingerprint density at radius 2 is 1.77 bits per heavy atom. The van der Waals surface area contributed by atoms with Gasteiger partial charge in [0.1, 0.15) is 17.9 Å². The minimum absolute atomic E-state index is 0.121. The van der Waals surface area contributed by atoms with Gasteiger partial charge in [-0.3, -0.25) is 19.3 Å². The van der Waals surface area contributed by atoms with Crippen molar-refractivity contribution in [2.24, 2.45) is 0 Å². The molecule has 1 aromatic rings. The highest BCUT2D eigenvalue weighted by Crippen LogP contribution is 2.39. The third-order valence-corrected chi connectivity index (χ3v) is 5.95. The van der Waals surface area contributed by atoms with Gasteiger partial charge >= 0.3 is 6.03 Å². The van der Waals surface area contributed by atoms with Crippen LogP contribution >= 0.6 is 0 Å². The van der Waals surface area contributed by atoms with Crippen molar-refractivity contribution in [3.8, 4) is 0 Å². The molecule has 1 heterocycles. The highest BCUT2D eigenvalue weighted by atomic mass is 19.1. The second kappa shape index (κ2) is 8.81. The van der Waals surface area contributed by atoms with Gasteiger partial charge in [0.05, 0.1) is 0 Å². The van der Waals surface area contributed by atoms with Gasteiger partial charge in [0.2, 0.25) is 5.91 Å². The number of halogens is 1. The number of aryl methyl sites for hydroxylation is 1. The van der Waals surface area contributed by atoms with Crippen molar-refractivity contribution in [3.05, 3.63) is 35.1 Å². The van der Waals surface area contributed by atoms with Gasteiger partial charge in [-0.2, -0.15) is 0 Å². The Morgan fingerprint density at radius 1 is 1.10 bits per heavy atom. The van der Waals surface area contributed by atoms with Gasteiger partial charge in [-0.05, 0) is 37.5 Å². The molecule has 30 heavy (non-hydrogen) atoms. The molecule has 1 aliphatic carbocycles. The molecule has 0 unspecified atom stereocenters. The Balaban J connectivity index is 1.46. The molecule has 8 nitrogen and oxygen atoms in total. The van der Waals surface area contributed by atoms with E-state index in [0.717, 1.165) is 30.2 Å². The normalized spacial score (nSPS) is 18.1. The summed E-state index contributed by atoms with van der Waals surface area (Å²) in [5.74, 6) is -1.70. The van der Waals surface area contributed by atoms with Crippen LogP contribution < -0.4 is 10.6 Å². The van der Waals surface area contributed by atoms with Crippen LogP contribution in [0.1, 0.15) is 48.0 Å². The summed E-state index contributed by atoms with van der Waals surface area (Å²) in [6, 6.07) is 3.75. The van der Waals surface area contributed by atoms with E-state index in [-0.39, 0.29) is 31.1 Å². The molecule has 2 N–H and O–H groups in total. The van der Waals surface area contributed by atoms with Crippen LogP contribution in [0.25, 0.3) is 0 Å². The van der Waals surface area contributed by atoms with Crippen LogP contribution in [0, 0.1) is 12.7 Å². The summed E-state index contributed by atoms with van der Waals surface area (Å²) < 4.78 is 13.6.